The predicted octanol–water partition coefficient (Wildman–Crippen LogP) is 6.70. The molecule has 0 bridgehead atoms. The minimum absolute atomic E-state index is 0.0774. The molecule has 0 saturated carbocycles. The monoisotopic (exact) mass is 612 g/mol. The van der Waals surface area contributed by atoms with Gasteiger partial charge in [0, 0.05) is 12.1 Å². The van der Waals surface area contributed by atoms with E-state index < -0.39 is 6.04 Å². The van der Waals surface area contributed by atoms with Gasteiger partial charge in [-0.1, -0.05) is 88.3 Å². The highest BCUT2D eigenvalue weighted by Gasteiger charge is 2.34. The summed E-state index contributed by atoms with van der Waals surface area (Å²) in [5.41, 5.74) is 2.72. The third-order valence-corrected chi connectivity index (χ3v) is 7.36. The van der Waals surface area contributed by atoms with Gasteiger partial charge in [-0.3, -0.25) is 4.79 Å². The molecule has 1 amide bonds. The Balaban J connectivity index is 2.08. The minimum Gasteiger partial charge on any atom is -0.493 e. The number of amides is 1. The molecular weight excluding hydrogens is 586 g/mol. The number of carbonyl (C=O) groups is 1. The number of halogens is 3. The van der Waals surface area contributed by atoms with Crippen LogP contribution in [0, 0.1) is 0 Å². The van der Waals surface area contributed by atoms with Gasteiger partial charge < -0.3 is 19.7 Å². The zero-order valence-electron chi connectivity index (χ0n) is 19.2. The Morgan fingerprint density at radius 3 is 2.26 bits per heavy atom. The largest absolute Gasteiger partial charge is 0.493 e. The summed E-state index contributed by atoms with van der Waals surface area (Å²) in [4.78, 5) is 15.3. The second-order valence-electron chi connectivity index (χ2n) is 7.57. The van der Waals surface area contributed by atoms with E-state index in [-0.39, 0.29) is 9.96 Å². The number of aryl methyl sites for hydroxylation is 1. The molecule has 8 heteroatoms. The Bertz CT molecular complexity index is 1100. The zero-order chi connectivity index (χ0) is 24.7. The molecule has 0 aliphatic rings. The minimum atomic E-state index is -0.603. The molecule has 2 atom stereocenters. The molecule has 3 aromatic rings. The Labute approximate surface area is 224 Å². The topological polar surface area (TPSA) is 50.8 Å². The summed E-state index contributed by atoms with van der Waals surface area (Å²) < 4.78 is 10.9. The van der Waals surface area contributed by atoms with E-state index in [4.69, 9.17) is 32.7 Å². The smallest absolute Gasteiger partial charge is 0.247 e. The predicted molar refractivity (Wildman–Crippen MR) is 148 cm³/mol. The summed E-state index contributed by atoms with van der Waals surface area (Å²) in [6, 6.07) is 20.6. The lowest BCUT2D eigenvalue weighted by molar-refractivity contribution is -0.122. The van der Waals surface area contributed by atoms with Gasteiger partial charge in [-0.15, -0.1) is 0 Å². The molecular formula is C26H27Cl2IN2O3. The number of likely N-dealkylation sites (N-methyl/N-ethyl adjacent to an activating group) is 1. The van der Waals surface area contributed by atoms with Crippen molar-refractivity contribution in [1.82, 2.24) is 5.32 Å². The quantitative estimate of drug-likeness (QED) is 0.157. The van der Waals surface area contributed by atoms with Crippen molar-refractivity contribution >= 4 is 57.4 Å². The van der Waals surface area contributed by atoms with E-state index in [1.54, 1.807) is 21.3 Å². The summed E-state index contributed by atoms with van der Waals surface area (Å²) >= 11 is 15.3. The fourth-order valence-corrected chi connectivity index (χ4v) is 5.21. The summed E-state index contributed by atoms with van der Waals surface area (Å²) in [5, 5.41) is 3.92. The van der Waals surface area contributed by atoms with E-state index in [1.165, 1.54) is 5.56 Å². The van der Waals surface area contributed by atoms with E-state index >= 15 is 0 Å². The van der Waals surface area contributed by atoms with Crippen LogP contribution in [0.2, 0.25) is 10.0 Å². The van der Waals surface area contributed by atoms with Crippen molar-refractivity contribution in [3.63, 3.8) is 0 Å². The number of rotatable bonds is 10. The van der Waals surface area contributed by atoms with Crippen LogP contribution in [-0.4, -0.2) is 31.2 Å². The van der Waals surface area contributed by atoms with E-state index in [0.717, 1.165) is 18.4 Å². The maximum absolute atomic E-state index is 13.3. The van der Waals surface area contributed by atoms with Crippen molar-refractivity contribution in [2.75, 3.05) is 26.2 Å². The Hall–Kier alpha value is -2.16. The Morgan fingerprint density at radius 2 is 1.68 bits per heavy atom. The van der Waals surface area contributed by atoms with Crippen LogP contribution in [0.1, 0.15) is 23.6 Å². The van der Waals surface area contributed by atoms with Gasteiger partial charge in [-0.2, -0.15) is 0 Å². The van der Waals surface area contributed by atoms with Gasteiger partial charge in [0.25, 0.3) is 0 Å². The molecule has 0 spiro atoms. The number of alkyl halides is 1. The normalized spacial score (nSPS) is 12.5. The number of anilines is 1. The molecule has 3 rings (SSSR count). The van der Waals surface area contributed by atoms with Gasteiger partial charge >= 0.3 is 0 Å². The third kappa shape index (κ3) is 6.09. The van der Waals surface area contributed by atoms with Crippen molar-refractivity contribution in [2.45, 2.75) is 22.9 Å². The lowest BCUT2D eigenvalue weighted by Gasteiger charge is -2.37. The van der Waals surface area contributed by atoms with Gasteiger partial charge in [0.15, 0.2) is 11.5 Å². The average molecular weight is 613 g/mol. The lowest BCUT2D eigenvalue weighted by Crippen LogP contribution is -2.43. The van der Waals surface area contributed by atoms with Crippen LogP contribution in [-0.2, 0) is 11.2 Å². The highest BCUT2D eigenvalue weighted by atomic mass is 127. The van der Waals surface area contributed by atoms with E-state index in [2.05, 4.69) is 32.8 Å². The molecule has 180 valence electrons. The number of carbonyl (C=O) groups excluding carboxylic acids is 1. The van der Waals surface area contributed by atoms with Gasteiger partial charge in [0.05, 0.1) is 24.0 Å². The molecule has 0 aromatic heterocycles. The van der Waals surface area contributed by atoms with Crippen molar-refractivity contribution in [3.8, 4) is 11.5 Å². The second kappa shape index (κ2) is 12.5. The summed E-state index contributed by atoms with van der Waals surface area (Å²) in [6.45, 7) is 0. The van der Waals surface area contributed by atoms with Crippen LogP contribution in [0.4, 0.5) is 5.69 Å². The van der Waals surface area contributed by atoms with Gasteiger partial charge in [0.1, 0.15) is 11.1 Å². The average Bonchev–Trinajstić information content (AvgIpc) is 2.86. The maximum atomic E-state index is 13.3. The standard InChI is InChI=1S/C26H27Cl2IN2O3/c1-30-26(32)24(18-7-5-4-6-8-18)31(20-14-15-21(33-2)25(34-3)23(20)28)22(29)16-11-17-9-12-19(27)13-10-17/h4-10,12-15,22,24H,11,16H2,1-3H3,(H,30,32)/t22-,24?/m1/s1. The Morgan fingerprint density at radius 1 is 1.00 bits per heavy atom. The van der Waals surface area contributed by atoms with E-state index in [0.29, 0.717) is 27.2 Å². The van der Waals surface area contributed by atoms with Crippen LogP contribution in [0.5, 0.6) is 11.5 Å². The molecule has 0 fully saturated rings. The molecule has 34 heavy (non-hydrogen) atoms. The molecule has 0 heterocycles. The molecule has 0 aliphatic heterocycles. The van der Waals surface area contributed by atoms with Gasteiger partial charge in [-0.25, -0.2) is 0 Å². The molecule has 0 radical (unpaired) electrons. The number of nitrogens with one attached hydrogen (secondary N) is 1. The first kappa shape index (κ1) is 26.4. The molecule has 0 saturated heterocycles. The number of hydrogen-bond acceptors (Lipinski definition) is 4. The first-order valence-corrected chi connectivity index (χ1v) is 12.7. The maximum Gasteiger partial charge on any atom is 0.247 e. The second-order valence-corrected chi connectivity index (χ2v) is 9.82. The first-order chi connectivity index (χ1) is 16.4. The number of ether oxygens (including phenoxy) is 2. The number of benzene rings is 3. The van der Waals surface area contributed by atoms with E-state index in [1.807, 2.05) is 66.7 Å². The molecule has 1 unspecified atom stereocenters. The van der Waals surface area contributed by atoms with Crippen LogP contribution >= 0.6 is 45.8 Å². The van der Waals surface area contributed by atoms with Crippen LogP contribution in [0.15, 0.2) is 66.7 Å². The number of methoxy groups -OCH3 is 2. The van der Waals surface area contributed by atoms with Crippen molar-refractivity contribution < 1.29 is 14.3 Å². The first-order valence-electron chi connectivity index (χ1n) is 10.7. The Kier molecular flexibility index (Phi) is 9.74. The highest BCUT2D eigenvalue weighted by molar-refractivity contribution is 14.1. The SMILES string of the molecule is CNC(=O)C(c1ccccc1)N(c1ccc(OC)c(OC)c1Cl)[C@@H](I)CCc1ccc(Cl)cc1. The van der Waals surface area contributed by atoms with Crippen LogP contribution in [0.3, 0.4) is 0 Å². The highest BCUT2D eigenvalue weighted by Crippen LogP contribution is 2.45. The molecule has 5 nitrogen and oxygen atoms in total. The summed E-state index contributed by atoms with van der Waals surface area (Å²) in [5.74, 6) is 0.820. The van der Waals surface area contributed by atoms with Crippen LogP contribution in [0.25, 0.3) is 0 Å². The van der Waals surface area contributed by atoms with Gasteiger partial charge in [0.2, 0.25) is 5.91 Å². The number of nitrogens with zero attached hydrogens (tertiary/aromatic N) is 1. The summed E-state index contributed by atoms with van der Waals surface area (Å²) in [6.07, 6.45) is 1.58. The number of hydrogen-bond donors (Lipinski definition) is 1. The fraction of sp³-hybridized carbons (Fsp3) is 0.269. The fourth-order valence-electron chi connectivity index (χ4n) is 3.82. The van der Waals surface area contributed by atoms with Gasteiger partial charge in [-0.05, 0) is 48.2 Å². The molecule has 3 aromatic carbocycles. The van der Waals surface area contributed by atoms with Crippen molar-refractivity contribution in [3.05, 3.63) is 87.9 Å². The third-order valence-electron chi connectivity index (χ3n) is 5.52. The van der Waals surface area contributed by atoms with E-state index in [9.17, 15) is 4.79 Å². The van der Waals surface area contributed by atoms with Crippen LogP contribution < -0.4 is 19.7 Å². The lowest BCUT2D eigenvalue weighted by atomic mass is 10.0. The molecule has 1 N–H and O–H groups in total. The zero-order valence-corrected chi connectivity index (χ0v) is 22.9. The molecule has 0 aliphatic carbocycles. The van der Waals surface area contributed by atoms with Crippen molar-refractivity contribution in [2.24, 2.45) is 0 Å². The summed E-state index contributed by atoms with van der Waals surface area (Å²) in [7, 11) is 4.76. The van der Waals surface area contributed by atoms with Crippen molar-refractivity contribution in [1.29, 1.82) is 0 Å².